The van der Waals surface area contributed by atoms with Gasteiger partial charge in [0.1, 0.15) is 44.7 Å². The van der Waals surface area contributed by atoms with Gasteiger partial charge in [-0.1, -0.05) is 123 Å². The zero-order valence-corrected chi connectivity index (χ0v) is 25.7. The summed E-state index contributed by atoms with van der Waals surface area (Å²) < 4.78 is 17.2. The van der Waals surface area contributed by atoms with Gasteiger partial charge >= 0.3 is 0 Å². The highest BCUT2D eigenvalue weighted by Crippen LogP contribution is 2.65. The minimum atomic E-state index is -1.29. The van der Waals surface area contributed by atoms with Crippen LogP contribution in [0.5, 0.6) is 28.7 Å². The Morgan fingerprint density at radius 2 is 1.10 bits per heavy atom. The highest BCUT2D eigenvalue weighted by molar-refractivity contribution is 9.24. The molecule has 1 saturated heterocycles. The summed E-state index contributed by atoms with van der Waals surface area (Å²) in [6.07, 6.45) is 0.0298. The molecule has 1 heterocycles. The molecule has 0 aliphatic carbocycles. The molecule has 6 rings (SSSR count). The second kappa shape index (κ2) is 11.8. The summed E-state index contributed by atoms with van der Waals surface area (Å²) in [7, 11) is 0. The molecule has 0 aromatic heterocycles. The topological polar surface area (TPSA) is 71.5 Å². The summed E-state index contributed by atoms with van der Waals surface area (Å²) in [6, 6.07) is 39.3. The van der Waals surface area contributed by atoms with Crippen molar-refractivity contribution in [2.24, 2.45) is 0 Å². The van der Waals surface area contributed by atoms with Gasteiger partial charge in [-0.15, -0.1) is 0 Å². The van der Waals surface area contributed by atoms with Gasteiger partial charge in [-0.2, -0.15) is 0 Å². The van der Waals surface area contributed by atoms with E-state index >= 15 is 0 Å². The number of phenolic OH excluding ortho intramolecular Hbond substituents is 2. The van der Waals surface area contributed by atoms with Crippen LogP contribution in [0.1, 0.15) is 22.3 Å². The van der Waals surface area contributed by atoms with E-state index < -0.39 is 8.65 Å². The van der Waals surface area contributed by atoms with Crippen molar-refractivity contribution < 1.29 is 24.4 Å². The van der Waals surface area contributed by atoms with Crippen LogP contribution in [0.4, 0.5) is 0 Å². The number of epoxide rings is 1. The van der Waals surface area contributed by atoms with Crippen molar-refractivity contribution in [3.63, 3.8) is 0 Å². The molecule has 0 spiro atoms. The van der Waals surface area contributed by atoms with Crippen LogP contribution in [0.2, 0.25) is 0 Å². The first-order chi connectivity index (χ1) is 20.4. The van der Waals surface area contributed by atoms with Crippen molar-refractivity contribution in [1.29, 1.82) is 0 Å². The number of ether oxygens (including phenoxy) is 3. The van der Waals surface area contributed by atoms with Gasteiger partial charge in [-0.25, -0.2) is 0 Å². The summed E-state index contributed by atoms with van der Waals surface area (Å²) in [5.74, 6) is 1.95. The first-order valence-electron chi connectivity index (χ1n) is 13.5. The average Bonchev–Trinajstić information content (AvgIpc) is 3.84. The minimum absolute atomic E-state index is 0.0298. The lowest BCUT2D eigenvalue weighted by Crippen LogP contribution is -2.44. The Labute approximate surface area is 261 Å². The second-order valence-corrected chi connectivity index (χ2v) is 13.5. The molecular formula is C35H28Br2O5. The van der Waals surface area contributed by atoms with Crippen LogP contribution in [0.3, 0.4) is 0 Å². The van der Waals surface area contributed by atoms with E-state index in [-0.39, 0.29) is 17.6 Å². The SMILES string of the molecule is Oc1ccccc1C(Br)(Br)C(c1ccccc1O)(c1ccccc1OCC1CO1)c1ccccc1Oc1ccccc1. The van der Waals surface area contributed by atoms with E-state index in [0.29, 0.717) is 47.2 Å². The maximum absolute atomic E-state index is 11.6. The van der Waals surface area contributed by atoms with Crippen molar-refractivity contribution in [3.8, 4) is 28.7 Å². The number of para-hydroxylation sites is 5. The number of benzene rings is 5. The summed E-state index contributed by atoms with van der Waals surface area (Å²) in [4.78, 5) is 0. The van der Waals surface area contributed by atoms with E-state index in [0.717, 1.165) is 5.56 Å². The zero-order valence-electron chi connectivity index (χ0n) is 22.5. The molecule has 42 heavy (non-hydrogen) atoms. The van der Waals surface area contributed by atoms with Crippen LogP contribution in [0.15, 0.2) is 127 Å². The van der Waals surface area contributed by atoms with E-state index in [4.69, 9.17) is 14.2 Å². The van der Waals surface area contributed by atoms with Crippen LogP contribution < -0.4 is 9.47 Å². The van der Waals surface area contributed by atoms with Crippen molar-refractivity contribution in [2.75, 3.05) is 13.2 Å². The molecule has 2 unspecified atom stereocenters. The smallest absolute Gasteiger partial charge is 0.131 e. The van der Waals surface area contributed by atoms with Crippen LogP contribution in [0, 0.1) is 0 Å². The number of rotatable bonds is 10. The fourth-order valence-electron chi connectivity index (χ4n) is 5.40. The number of hydrogen-bond acceptors (Lipinski definition) is 5. The van der Waals surface area contributed by atoms with E-state index in [1.54, 1.807) is 24.3 Å². The number of aromatic hydroxyl groups is 2. The Morgan fingerprint density at radius 3 is 1.69 bits per heavy atom. The minimum Gasteiger partial charge on any atom is -0.508 e. The zero-order chi connectivity index (χ0) is 29.2. The Kier molecular flexibility index (Phi) is 7.99. The van der Waals surface area contributed by atoms with Gasteiger partial charge < -0.3 is 24.4 Å². The Morgan fingerprint density at radius 1 is 0.619 bits per heavy atom. The molecule has 5 aromatic carbocycles. The molecule has 1 aliphatic heterocycles. The molecule has 0 saturated carbocycles. The fraction of sp³-hybridized carbons (Fsp3) is 0.143. The maximum Gasteiger partial charge on any atom is 0.131 e. The van der Waals surface area contributed by atoms with Gasteiger partial charge in [0.25, 0.3) is 0 Å². The first kappa shape index (κ1) is 28.3. The first-order valence-corrected chi connectivity index (χ1v) is 15.1. The lowest BCUT2D eigenvalue weighted by molar-refractivity contribution is 0.258. The third-order valence-electron chi connectivity index (χ3n) is 7.40. The summed E-state index contributed by atoms with van der Waals surface area (Å²) in [5, 5.41) is 22.9. The predicted octanol–water partition coefficient (Wildman–Crippen LogP) is 8.64. The lowest BCUT2D eigenvalue weighted by atomic mass is 9.64. The van der Waals surface area contributed by atoms with Crippen LogP contribution in [-0.4, -0.2) is 29.5 Å². The highest BCUT2D eigenvalue weighted by atomic mass is 79.9. The van der Waals surface area contributed by atoms with E-state index in [9.17, 15) is 10.2 Å². The normalized spacial score (nSPS) is 15.9. The fourth-order valence-corrected chi connectivity index (χ4v) is 7.36. The quantitative estimate of drug-likeness (QED) is 0.0874. The van der Waals surface area contributed by atoms with Gasteiger partial charge in [0, 0.05) is 22.3 Å². The third kappa shape index (κ3) is 5.17. The number of phenols is 2. The van der Waals surface area contributed by atoms with E-state index in [1.807, 2.05) is 103 Å². The van der Waals surface area contributed by atoms with Gasteiger partial charge in [0.15, 0.2) is 0 Å². The van der Waals surface area contributed by atoms with E-state index in [1.165, 1.54) is 0 Å². The maximum atomic E-state index is 11.6. The molecule has 2 atom stereocenters. The molecule has 212 valence electrons. The number of hydrogen-bond donors (Lipinski definition) is 2. The van der Waals surface area contributed by atoms with Gasteiger partial charge in [0.2, 0.25) is 0 Å². The Hall–Kier alpha value is -3.78. The van der Waals surface area contributed by atoms with Crippen molar-refractivity contribution >= 4 is 31.9 Å². The Bertz CT molecular complexity index is 1690. The molecular weight excluding hydrogens is 660 g/mol. The standard InChI is InChI=1S/C35H28Br2O5/c36-35(37,27-15-5-9-19-31(27)39)34(26-14-4-8-18-30(26)38,28-16-6-10-20-32(28)41-23-25-22-40-25)29-17-7-11-21-33(29)42-24-12-2-1-3-13-24/h1-21,25,38-39H,22-23H2. The molecule has 0 bridgehead atoms. The van der Waals surface area contributed by atoms with Crippen molar-refractivity contribution in [3.05, 3.63) is 150 Å². The van der Waals surface area contributed by atoms with Crippen molar-refractivity contribution in [2.45, 2.75) is 14.8 Å². The molecule has 1 aliphatic rings. The summed E-state index contributed by atoms with van der Waals surface area (Å²) >= 11 is 8.13. The lowest BCUT2D eigenvalue weighted by Gasteiger charge is -2.47. The number of halogens is 2. The predicted molar refractivity (Wildman–Crippen MR) is 170 cm³/mol. The van der Waals surface area contributed by atoms with Crippen LogP contribution in [0.25, 0.3) is 0 Å². The van der Waals surface area contributed by atoms with Crippen LogP contribution in [-0.2, 0) is 13.4 Å². The molecule has 0 amide bonds. The van der Waals surface area contributed by atoms with Crippen LogP contribution >= 0.6 is 31.9 Å². The molecule has 5 nitrogen and oxygen atoms in total. The highest BCUT2D eigenvalue weighted by Gasteiger charge is 2.58. The molecule has 0 radical (unpaired) electrons. The average molecular weight is 688 g/mol. The molecule has 2 N–H and O–H groups in total. The van der Waals surface area contributed by atoms with Gasteiger partial charge in [-0.05, 0) is 36.4 Å². The summed E-state index contributed by atoms with van der Waals surface area (Å²) in [6.45, 7) is 1.03. The van der Waals surface area contributed by atoms with E-state index in [2.05, 4.69) is 31.9 Å². The third-order valence-corrected chi connectivity index (χ3v) is 9.45. The second-order valence-electron chi connectivity index (χ2n) is 10.0. The molecule has 5 aromatic rings. The van der Waals surface area contributed by atoms with Gasteiger partial charge in [0.05, 0.1) is 12.0 Å². The van der Waals surface area contributed by atoms with Crippen molar-refractivity contribution in [1.82, 2.24) is 0 Å². The molecule has 7 heteroatoms. The monoisotopic (exact) mass is 686 g/mol. The summed E-state index contributed by atoms with van der Waals surface area (Å²) in [5.41, 5.74) is 1.26. The molecule has 1 fully saturated rings. The largest absolute Gasteiger partial charge is 0.508 e. The number of alkyl halides is 2. The Balaban J connectivity index is 1.73. The van der Waals surface area contributed by atoms with Gasteiger partial charge in [-0.3, -0.25) is 0 Å².